The lowest BCUT2D eigenvalue weighted by Gasteiger charge is -2.22. The third kappa shape index (κ3) is 3.41. The van der Waals surface area contributed by atoms with Crippen molar-refractivity contribution < 1.29 is 19.2 Å². The van der Waals surface area contributed by atoms with Crippen LogP contribution in [0.2, 0.25) is 0 Å². The number of aliphatic hydroxyl groups is 1. The van der Waals surface area contributed by atoms with Crippen LogP contribution in [0.3, 0.4) is 0 Å². The Morgan fingerprint density at radius 2 is 2.05 bits per heavy atom. The molecular formula is C13H16FNO4. The number of nitro groups is 1. The van der Waals surface area contributed by atoms with E-state index in [-0.39, 0.29) is 11.4 Å². The molecule has 1 aliphatic carbocycles. The molecule has 19 heavy (non-hydrogen) atoms. The molecule has 0 saturated heterocycles. The Morgan fingerprint density at radius 3 is 2.74 bits per heavy atom. The molecule has 1 aromatic rings. The molecule has 1 aromatic carbocycles. The minimum absolute atomic E-state index is 0.0449. The highest BCUT2D eigenvalue weighted by Gasteiger charge is 2.24. The van der Waals surface area contributed by atoms with Crippen LogP contribution in [0.15, 0.2) is 18.2 Å². The summed E-state index contributed by atoms with van der Waals surface area (Å²) in [5, 5.41) is 20.4. The van der Waals surface area contributed by atoms with Crippen LogP contribution in [0.25, 0.3) is 0 Å². The Balaban J connectivity index is 2.11. The second-order valence-electron chi connectivity index (χ2n) is 4.73. The van der Waals surface area contributed by atoms with Crippen molar-refractivity contribution in [3.05, 3.63) is 34.1 Å². The maximum Gasteiger partial charge on any atom is 0.272 e. The molecule has 1 aliphatic rings. The maximum absolute atomic E-state index is 13.7. The number of rotatable bonds is 3. The fourth-order valence-electron chi connectivity index (χ4n) is 2.25. The van der Waals surface area contributed by atoms with Crippen LogP contribution in [-0.4, -0.2) is 22.2 Å². The third-order valence-corrected chi connectivity index (χ3v) is 3.32. The number of halogens is 1. The molecule has 2 rings (SSSR count). The van der Waals surface area contributed by atoms with Gasteiger partial charge in [0.25, 0.3) is 5.69 Å². The summed E-state index contributed by atoms with van der Waals surface area (Å²) in [5.41, 5.74) is -0.314. The second-order valence-corrected chi connectivity index (χ2v) is 4.73. The van der Waals surface area contributed by atoms with Crippen molar-refractivity contribution in [1.82, 2.24) is 0 Å². The van der Waals surface area contributed by atoms with E-state index in [2.05, 4.69) is 0 Å². The van der Waals surface area contributed by atoms with Crippen LogP contribution in [0.1, 0.15) is 32.1 Å². The standard InChI is InChI=1S/C13H16FNO4/c14-10-8-9(15(17)18)6-7-12(10)19-13-5-3-1-2-4-11(13)16/h6-8,11,13,16H,1-5H2. The molecule has 0 bridgehead atoms. The molecular weight excluding hydrogens is 253 g/mol. The van der Waals surface area contributed by atoms with Gasteiger partial charge in [0.05, 0.1) is 17.1 Å². The van der Waals surface area contributed by atoms with Gasteiger partial charge in [-0.05, 0) is 25.3 Å². The van der Waals surface area contributed by atoms with Gasteiger partial charge in [0.2, 0.25) is 0 Å². The Hall–Kier alpha value is -1.69. The Labute approximate surface area is 110 Å². The molecule has 0 aliphatic heterocycles. The zero-order valence-corrected chi connectivity index (χ0v) is 10.4. The highest BCUT2D eigenvalue weighted by molar-refractivity contribution is 5.37. The lowest BCUT2D eigenvalue weighted by atomic mass is 10.1. The Kier molecular flexibility index (Phi) is 4.31. The number of hydrogen-bond donors (Lipinski definition) is 1. The number of aliphatic hydroxyl groups excluding tert-OH is 1. The topological polar surface area (TPSA) is 72.6 Å². The van der Waals surface area contributed by atoms with E-state index in [1.807, 2.05) is 0 Å². The molecule has 1 saturated carbocycles. The molecule has 0 amide bonds. The first kappa shape index (κ1) is 13.7. The van der Waals surface area contributed by atoms with Gasteiger partial charge in [0.1, 0.15) is 6.10 Å². The number of benzene rings is 1. The van der Waals surface area contributed by atoms with Crippen molar-refractivity contribution in [1.29, 1.82) is 0 Å². The fraction of sp³-hybridized carbons (Fsp3) is 0.538. The van der Waals surface area contributed by atoms with Crippen LogP contribution in [0.5, 0.6) is 5.75 Å². The van der Waals surface area contributed by atoms with Crippen molar-refractivity contribution in [2.24, 2.45) is 0 Å². The number of ether oxygens (including phenoxy) is 1. The Morgan fingerprint density at radius 1 is 1.32 bits per heavy atom. The van der Waals surface area contributed by atoms with Gasteiger partial charge in [-0.1, -0.05) is 12.8 Å². The summed E-state index contributed by atoms with van der Waals surface area (Å²) in [6.07, 6.45) is 3.13. The minimum Gasteiger partial charge on any atom is -0.485 e. The first-order valence-corrected chi connectivity index (χ1v) is 6.36. The molecule has 2 atom stereocenters. The molecule has 0 aromatic heterocycles. The fourth-order valence-corrected chi connectivity index (χ4v) is 2.25. The summed E-state index contributed by atoms with van der Waals surface area (Å²) >= 11 is 0. The van der Waals surface area contributed by atoms with Gasteiger partial charge in [0, 0.05) is 6.07 Å². The first-order chi connectivity index (χ1) is 9.08. The monoisotopic (exact) mass is 269 g/mol. The quantitative estimate of drug-likeness (QED) is 0.520. The van der Waals surface area contributed by atoms with Crippen molar-refractivity contribution >= 4 is 5.69 Å². The zero-order valence-electron chi connectivity index (χ0n) is 10.4. The van der Waals surface area contributed by atoms with Gasteiger partial charge in [-0.2, -0.15) is 0 Å². The van der Waals surface area contributed by atoms with E-state index in [0.29, 0.717) is 12.8 Å². The van der Waals surface area contributed by atoms with Gasteiger partial charge < -0.3 is 9.84 Å². The molecule has 0 heterocycles. The number of hydrogen-bond acceptors (Lipinski definition) is 4. The molecule has 5 nitrogen and oxygen atoms in total. The number of non-ortho nitro benzene ring substituents is 1. The smallest absolute Gasteiger partial charge is 0.272 e. The summed E-state index contributed by atoms with van der Waals surface area (Å²) in [5.74, 6) is -0.817. The average molecular weight is 269 g/mol. The molecule has 1 fully saturated rings. The van der Waals surface area contributed by atoms with Gasteiger partial charge in [0.15, 0.2) is 11.6 Å². The molecule has 0 spiro atoms. The van der Waals surface area contributed by atoms with Gasteiger partial charge in [-0.15, -0.1) is 0 Å². The van der Waals surface area contributed by atoms with Crippen LogP contribution in [0.4, 0.5) is 10.1 Å². The van der Waals surface area contributed by atoms with Gasteiger partial charge in [-0.3, -0.25) is 10.1 Å². The van der Waals surface area contributed by atoms with E-state index in [9.17, 15) is 19.6 Å². The SMILES string of the molecule is O=[N+]([O-])c1ccc(OC2CCCCCC2O)c(F)c1. The average Bonchev–Trinajstić information content (AvgIpc) is 2.57. The van der Waals surface area contributed by atoms with Crippen molar-refractivity contribution in [2.75, 3.05) is 0 Å². The van der Waals surface area contributed by atoms with E-state index >= 15 is 0 Å². The summed E-state index contributed by atoms with van der Waals surface area (Å²) in [6.45, 7) is 0. The lowest BCUT2D eigenvalue weighted by Crippen LogP contribution is -2.30. The predicted molar refractivity (Wildman–Crippen MR) is 66.6 cm³/mol. The van der Waals surface area contributed by atoms with E-state index in [1.165, 1.54) is 12.1 Å². The number of nitro benzene ring substituents is 1. The highest BCUT2D eigenvalue weighted by Crippen LogP contribution is 2.27. The molecule has 6 heteroatoms. The molecule has 0 radical (unpaired) electrons. The van der Waals surface area contributed by atoms with Crippen LogP contribution < -0.4 is 4.74 Å². The Bertz CT molecular complexity index is 466. The van der Waals surface area contributed by atoms with Crippen LogP contribution in [-0.2, 0) is 0 Å². The van der Waals surface area contributed by atoms with Crippen molar-refractivity contribution in [2.45, 2.75) is 44.3 Å². The third-order valence-electron chi connectivity index (χ3n) is 3.32. The lowest BCUT2D eigenvalue weighted by molar-refractivity contribution is -0.385. The summed E-state index contributed by atoms with van der Waals surface area (Å²) in [4.78, 5) is 9.85. The normalized spacial score (nSPS) is 23.7. The van der Waals surface area contributed by atoms with Crippen LogP contribution >= 0.6 is 0 Å². The van der Waals surface area contributed by atoms with E-state index in [0.717, 1.165) is 25.3 Å². The second kappa shape index (κ2) is 5.97. The van der Waals surface area contributed by atoms with Crippen LogP contribution in [0, 0.1) is 15.9 Å². The van der Waals surface area contributed by atoms with E-state index in [1.54, 1.807) is 0 Å². The summed E-state index contributed by atoms with van der Waals surface area (Å²) in [7, 11) is 0. The first-order valence-electron chi connectivity index (χ1n) is 6.36. The van der Waals surface area contributed by atoms with Gasteiger partial charge >= 0.3 is 0 Å². The van der Waals surface area contributed by atoms with E-state index in [4.69, 9.17) is 4.74 Å². The van der Waals surface area contributed by atoms with Crippen molar-refractivity contribution in [3.8, 4) is 5.75 Å². The van der Waals surface area contributed by atoms with E-state index < -0.39 is 22.9 Å². The largest absolute Gasteiger partial charge is 0.485 e. The predicted octanol–water partition coefficient (Wildman–Crippen LogP) is 2.81. The molecule has 2 unspecified atom stereocenters. The number of nitrogens with zero attached hydrogens (tertiary/aromatic N) is 1. The van der Waals surface area contributed by atoms with Gasteiger partial charge in [-0.25, -0.2) is 4.39 Å². The molecule has 1 N–H and O–H groups in total. The zero-order chi connectivity index (χ0) is 13.8. The minimum atomic E-state index is -0.773. The molecule has 104 valence electrons. The van der Waals surface area contributed by atoms with Crippen molar-refractivity contribution in [3.63, 3.8) is 0 Å². The maximum atomic E-state index is 13.7. The highest BCUT2D eigenvalue weighted by atomic mass is 19.1. The summed E-state index contributed by atoms with van der Waals surface area (Å²) in [6, 6.07) is 3.27. The summed E-state index contributed by atoms with van der Waals surface area (Å²) < 4.78 is 19.1.